The molecule has 3 aromatic rings. The standard InChI is InChI=1S/C25H25ClO2S/c1-17-5-14-23(22(15-17)25(2,3)4)28-24(27)19-8-6-18(7-9-19)16-29-21-12-10-20(26)11-13-21/h5-15H,16H2,1-4H3. The van der Waals surface area contributed by atoms with Gasteiger partial charge >= 0.3 is 5.97 Å². The van der Waals surface area contributed by atoms with E-state index in [9.17, 15) is 4.79 Å². The number of ether oxygens (including phenoxy) is 1. The first-order chi connectivity index (χ1) is 13.7. The summed E-state index contributed by atoms with van der Waals surface area (Å²) in [6.45, 7) is 8.40. The highest BCUT2D eigenvalue weighted by Gasteiger charge is 2.21. The molecule has 0 fully saturated rings. The van der Waals surface area contributed by atoms with Crippen molar-refractivity contribution in [2.75, 3.05) is 0 Å². The van der Waals surface area contributed by atoms with Crippen molar-refractivity contribution >= 4 is 29.3 Å². The third kappa shape index (κ3) is 5.88. The minimum absolute atomic E-state index is 0.107. The maximum absolute atomic E-state index is 12.7. The van der Waals surface area contributed by atoms with Crippen LogP contribution in [-0.2, 0) is 11.2 Å². The van der Waals surface area contributed by atoms with E-state index in [0.717, 1.165) is 32.4 Å². The lowest BCUT2D eigenvalue weighted by atomic mass is 9.85. The average Bonchev–Trinajstić information content (AvgIpc) is 2.68. The number of carbonyl (C=O) groups excluding carboxylic acids is 1. The molecule has 2 nitrogen and oxygen atoms in total. The summed E-state index contributed by atoms with van der Waals surface area (Å²) in [5.41, 5.74) is 3.77. The Kier molecular flexibility index (Phi) is 6.71. The lowest BCUT2D eigenvalue weighted by Crippen LogP contribution is -2.16. The van der Waals surface area contributed by atoms with Crippen molar-refractivity contribution < 1.29 is 9.53 Å². The SMILES string of the molecule is Cc1ccc(OC(=O)c2ccc(CSc3ccc(Cl)cc3)cc2)c(C(C)(C)C)c1. The number of carbonyl (C=O) groups is 1. The van der Waals surface area contributed by atoms with E-state index in [0.29, 0.717) is 11.3 Å². The molecule has 0 aliphatic rings. The molecule has 0 bridgehead atoms. The van der Waals surface area contributed by atoms with Crippen LogP contribution in [0.2, 0.25) is 5.02 Å². The first kappa shape index (κ1) is 21.5. The van der Waals surface area contributed by atoms with Crippen LogP contribution in [0.25, 0.3) is 0 Å². The molecule has 0 N–H and O–H groups in total. The lowest BCUT2D eigenvalue weighted by molar-refractivity contribution is 0.0732. The zero-order valence-electron chi connectivity index (χ0n) is 17.2. The van der Waals surface area contributed by atoms with Crippen LogP contribution in [-0.4, -0.2) is 5.97 Å². The quantitative estimate of drug-likeness (QED) is 0.241. The van der Waals surface area contributed by atoms with E-state index in [-0.39, 0.29) is 11.4 Å². The second kappa shape index (κ2) is 9.06. The zero-order valence-corrected chi connectivity index (χ0v) is 18.7. The number of rotatable bonds is 5. The summed E-state index contributed by atoms with van der Waals surface area (Å²) < 4.78 is 5.74. The zero-order chi connectivity index (χ0) is 21.0. The van der Waals surface area contributed by atoms with E-state index in [2.05, 4.69) is 26.8 Å². The summed E-state index contributed by atoms with van der Waals surface area (Å²) in [4.78, 5) is 13.8. The Hall–Kier alpha value is -2.23. The lowest BCUT2D eigenvalue weighted by Gasteiger charge is -2.22. The van der Waals surface area contributed by atoms with Crippen molar-refractivity contribution in [3.05, 3.63) is 94.0 Å². The molecular weight excluding hydrogens is 400 g/mol. The van der Waals surface area contributed by atoms with Crippen molar-refractivity contribution in [1.29, 1.82) is 0 Å². The second-order valence-corrected chi connectivity index (χ2v) is 9.56. The molecule has 29 heavy (non-hydrogen) atoms. The minimum atomic E-state index is -0.337. The Balaban J connectivity index is 1.67. The second-order valence-electron chi connectivity index (χ2n) is 8.08. The summed E-state index contributed by atoms with van der Waals surface area (Å²) in [7, 11) is 0. The molecule has 4 heteroatoms. The van der Waals surface area contributed by atoms with E-state index in [1.807, 2.05) is 67.6 Å². The van der Waals surface area contributed by atoms with Crippen molar-refractivity contribution in [3.63, 3.8) is 0 Å². The number of aryl methyl sites for hydroxylation is 1. The number of esters is 1. The van der Waals surface area contributed by atoms with Gasteiger partial charge in [-0.2, -0.15) is 0 Å². The molecule has 0 aliphatic carbocycles. The average molecular weight is 425 g/mol. The molecule has 0 saturated heterocycles. The Morgan fingerprint density at radius 3 is 2.24 bits per heavy atom. The number of hydrogen-bond donors (Lipinski definition) is 0. The Morgan fingerprint density at radius 1 is 0.966 bits per heavy atom. The van der Waals surface area contributed by atoms with Gasteiger partial charge in [-0.25, -0.2) is 4.79 Å². The van der Waals surface area contributed by atoms with E-state index < -0.39 is 0 Å². The first-order valence-corrected chi connectivity index (χ1v) is 10.9. The predicted octanol–water partition coefficient (Wildman–Crippen LogP) is 7.46. The Labute approximate surface area is 182 Å². The van der Waals surface area contributed by atoms with Crippen LogP contribution in [0.3, 0.4) is 0 Å². The summed E-state index contributed by atoms with van der Waals surface area (Å²) in [6.07, 6.45) is 0. The van der Waals surface area contributed by atoms with Gasteiger partial charge in [0.25, 0.3) is 0 Å². The smallest absolute Gasteiger partial charge is 0.343 e. The maximum atomic E-state index is 12.7. The number of hydrogen-bond acceptors (Lipinski definition) is 3. The third-order valence-corrected chi connectivity index (χ3v) is 5.89. The molecule has 0 saturated carbocycles. The highest BCUT2D eigenvalue weighted by atomic mass is 35.5. The van der Waals surface area contributed by atoms with Crippen LogP contribution >= 0.6 is 23.4 Å². The van der Waals surface area contributed by atoms with Gasteiger partial charge in [-0.3, -0.25) is 0 Å². The molecule has 0 heterocycles. The molecule has 0 atom stereocenters. The molecule has 3 aromatic carbocycles. The van der Waals surface area contributed by atoms with Gasteiger partial charge in [0, 0.05) is 21.2 Å². The van der Waals surface area contributed by atoms with Crippen molar-refractivity contribution in [3.8, 4) is 5.75 Å². The molecule has 0 aliphatic heterocycles. The molecule has 0 aromatic heterocycles. The van der Waals surface area contributed by atoms with Crippen LogP contribution in [0.1, 0.15) is 47.8 Å². The van der Waals surface area contributed by atoms with Crippen LogP contribution in [0.5, 0.6) is 5.75 Å². The Bertz CT molecular complexity index is 987. The van der Waals surface area contributed by atoms with Crippen molar-refractivity contribution in [1.82, 2.24) is 0 Å². The maximum Gasteiger partial charge on any atom is 0.343 e. The van der Waals surface area contributed by atoms with Gasteiger partial charge in [0.15, 0.2) is 0 Å². The van der Waals surface area contributed by atoms with Crippen LogP contribution in [0.4, 0.5) is 0 Å². The summed E-state index contributed by atoms with van der Waals surface area (Å²) in [6, 6.07) is 21.3. The van der Waals surface area contributed by atoms with Gasteiger partial charge in [0.1, 0.15) is 5.75 Å². The van der Waals surface area contributed by atoms with Crippen LogP contribution in [0.15, 0.2) is 71.6 Å². The van der Waals surface area contributed by atoms with Crippen LogP contribution in [0, 0.1) is 6.92 Å². The van der Waals surface area contributed by atoms with E-state index in [1.165, 1.54) is 0 Å². The van der Waals surface area contributed by atoms with Crippen molar-refractivity contribution in [2.45, 2.75) is 43.8 Å². The minimum Gasteiger partial charge on any atom is -0.423 e. The largest absolute Gasteiger partial charge is 0.423 e. The molecule has 0 unspecified atom stereocenters. The highest BCUT2D eigenvalue weighted by Crippen LogP contribution is 2.32. The first-order valence-electron chi connectivity index (χ1n) is 9.53. The molecule has 0 radical (unpaired) electrons. The van der Waals surface area contributed by atoms with Gasteiger partial charge in [0.05, 0.1) is 5.56 Å². The monoisotopic (exact) mass is 424 g/mol. The Morgan fingerprint density at radius 2 is 1.62 bits per heavy atom. The van der Waals surface area contributed by atoms with E-state index in [1.54, 1.807) is 11.8 Å². The summed E-state index contributed by atoms with van der Waals surface area (Å²) in [5.74, 6) is 1.11. The van der Waals surface area contributed by atoms with Gasteiger partial charge < -0.3 is 4.74 Å². The highest BCUT2D eigenvalue weighted by molar-refractivity contribution is 7.98. The number of thioether (sulfide) groups is 1. The predicted molar refractivity (Wildman–Crippen MR) is 122 cm³/mol. The molecule has 0 spiro atoms. The topological polar surface area (TPSA) is 26.3 Å². The summed E-state index contributed by atoms with van der Waals surface area (Å²) >= 11 is 7.65. The fourth-order valence-corrected chi connectivity index (χ4v) is 3.89. The molecule has 0 amide bonds. The normalized spacial score (nSPS) is 11.3. The van der Waals surface area contributed by atoms with Crippen molar-refractivity contribution in [2.24, 2.45) is 0 Å². The summed E-state index contributed by atoms with van der Waals surface area (Å²) in [5, 5.41) is 0.736. The van der Waals surface area contributed by atoms with Gasteiger partial charge in [-0.1, -0.05) is 62.2 Å². The van der Waals surface area contributed by atoms with E-state index in [4.69, 9.17) is 16.3 Å². The number of halogens is 1. The molecule has 150 valence electrons. The van der Waals surface area contributed by atoms with Crippen LogP contribution < -0.4 is 4.74 Å². The fourth-order valence-electron chi connectivity index (χ4n) is 2.91. The van der Waals surface area contributed by atoms with Gasteiger partial charge in [0.2, 0.25) is 0 Å². The van der Waals surface area contributed by atoms with Gasteiger partial charge in [-0.15, -0.1) is 11.8 Å². The molecular formula is C25H25ClO2S. The fraction of sp³-hybridized carbons (Fsp3) is 0.240. The van der Waals surface area contributed by atoms with Gasteiger partial charge in [-0.05, 0) is 60.4 Å². The number of benzene rings is 3. The van der Waals surface area contributed by atoms with E-state index >= 15 is 0 Å². The molecule has 3 rings (SSSR count). The third-order valence-electron chi connectivity index (χ3n) is 4.55.